The summed E-state index contributed by atoms with van der Waals surface area (Å²) in [5.41, 5.74) is 1.91. The number of benzene rings is 1. The number of nitrogens with one attached hydrogen (secondary N) is 2. The monoisotopic (exact) mass is 305 g/mol. The Bertz CT molecular complexity index is 630. The SMILES string of the molecule is CCCNC(=O)C(C)NCc1ccc(Cl)c2cccnc12. The van der Waals surface area contributed by atoms with Crippen LogP contribution in [0.5, 0.6) is 0 Å². The third kappa shape index (κ3) is 3.93. The van der Waals surface area contributed by atoms with E-state index in [-0.39, 0.29) is 11.9 Å². The van der Waals surface area contributed by atoms with Gasteiger partial charge in [0.15, 0.2) is 0 Å². The van der Waals surface area contributed by atoms with E-state index < -0.39 is 0 Å². The highest BCUT2D eigenvalue weighted by atomic mass is 35.5. The van der Waals surface area contributed by atoms with E-state index in [9.17, 15) is 4.79 Å². The first-order valence-electron chi connectivity index (χ1n) is 7.16. The number of carbonyl (C=O) groups excluding carboxylic acids is 1. The lowest BCUT2D eigenvalue weighted by atomic mass is 10.1. The quantitative estimate of drug-likeness (QED) is 0.863. The maximum atomic E-state index is 11.8. The van der Waals surface area contributed by atoms with Gasteiger partial charge in [0.25, 0.3) is 0 Å². The van der Waals surface area contributed by atoms with Crippen LogP contribution in [0.25, 0.3) is 10.9 Å². The van der Waals surface area contributed by atoms with E-state index in [1.165, 1.54) is 0 Å². The molecule has 0 aliphatic carbocycles. The van der Waals surface area contributed by atoms with E-state index >= 15 is 0 Å². The number of hydrogen-bond donors (Lipinski definition) is 2. The van der Waals surface area contributed by atoms with Gasteiger partial charge in [-0.2, -0.15) is 0 Å². The van der Waals surface area contributed by atoms with E-state index in [4.69, 9.17) is 11.6 Å². The lowest BCUT2D eigenvalue weighted by Crippen LogP contribution is -2.42. The van der Waals surface area contributed by atoms with Gasteiger partial charge in [-0.3, -0.25) is 9.78 Å². The molecule has 0 spiro atoms. The maximum absolute atomic E-state index is 11.8. The molecule has 1 amide bonds. The predicted molar refractivity (Wildman–Crippen MR) is 86.4 cm³/mol. The van der Waals surface area contributed by atoms with Crippen LogP contribution in [0.2, 0.25) is 5.02 Å². The van der Waals surface area contributed by atoms with Crippen LogP contribution in [-0.4, -0.2) is 23.5 Å². The van der Waals surface area contributed by atoms with Crippen LogP contribution in [0, 0.1) is 0 Å². The summed E-state index contributed by atoms with van der Waals surface area (Å²) < 4.78 is 0. The average Bonchev–Trinajstić information content (AvgIpc) is 2.52. The Kier molecular flexibility index (Phi) is 5.53. The largest absolute Gasteiger partial charge is 0.355 e. The molecule has 1 aromatic heterocycles. The molecule has 0 fully saturated rings. The van der Waals surface area contributed by atoms with Crippen molar-refractivity contribution in [2.24, 2.45) is 0 Å². The van der Waals surface area contributed by atoms with Gasteiger partial charge < -0.3 is 10.6 Å². The van der Waals surface area contributed by atoms with Crippen molar-refractivity contribution in [3.05, 3.63) is 41.0 Å². The molecular formula is C16H20ClN3O. The number of rotatable bonds is 6. The molecule has 5 heteroatoms. The molecule has 4 nitrogen and oxygen atoms in total. The van der Waals surface area contributed by atoms with Crippen molar-refractivity contribution in [2.75, 3.05) is 6.54 Å². The minimum atomic E-state index is -0.244. The zero-order valence-corrected chi connectivity index (χ0v) is 13.1. The Hall–Kier alpha value is -1.65. The molecule has 0 aliphatic heterocycles. The van der Waals surface area contributed by atoms with Crippen LogP contribution < -0.4 is 10.6 Å². The summed E-state index contributed by atoms with van der Waals surface area (Å²) >= 11 is 6.17. The second-order valence-corrected chi connectivity index (χ2v) is 5.41. The molecule has 2 N–H and O–H groups in total. The fraction of sp³-hybridized carbons (Fsp3) is 0.375. The van der Waals surface area contributed by atoms with Crippen LogP contribution in [0.4, 0.5) is 0 Å². The van der Waals surface area contributed by atoms with Crippen molar-refractivity contribution >= 4 is 28.4 Å². The second-order valence-electron chi connectivity index (χ2n) is 5.00. The molecule has 21 heavy (non-hydrogen) atoms. The van der Waals surface area contributed by atoms with Crippen LogP contribution in [0.3, 0.4) is 0 Å². The number of amides is 1. The van der Waals surface area contributed by atoms with Gasteiger partial charge in [0, 0.05) is 29.7 Å². The highest BCUT2D eigenvalue weighted by Crippen LogP contribution is 2.24. The van der Waals surface area contributed by atoms with Crippen molar-refractivity contribution in [1.29, 1.82) is 0 Å². The molecule has 1 atom stereocenters. The van der Waals surface area contributed by atoms with Crippen LogP contribution in [-0.2, 0) is 11.3 Å². The smallest absolute Gasteiger partial charge is 0.236 e. The minimum Gasteiger partial charge on any atom is -0.355 e. The van der Waals surface area contributed by atoms with Crippen molar-refractivity contribution in [3.63, 3.8) is 0 Å². The third-order valence-electron chi connectivity index (χ3n) is 3.34. The molecule has 0 bridgehead atoms. The standard InChI is InChI=1S/C16H20ClN3O/c1-3-8-19-16(21)11(2)20-10-12-6-7-14(17)13-5-4-9-18-15(12)13/h4-7,9,11,20H,3,8,10H2,1-2H3,(H,19,21). The Morgan fingerprint density at radius 3 is 2.95 bits per heavy atom. The number of pyridine rings is 1. The summed E-state index contributed by atoms with van der Waals surface area (Å²) in [6, 6.07) is 7.38. The lowest BCUT2D eigenvalue weighted by molar-refractivity contribution is -0.122. The molecule has 2 aromatic rings. The number of halogens is 1. The van der Waals surface area contributed by atoms with Crippen molar-refractivity contribution in [2.45, 2.75) is 32.9 Å². The molecule has 1 aromatic carbocycles. The summed E-state index contributed by atoms with van der Waals surface area (Å²) in [7, 11) is 0. The topological polar surface area (TPSA) is 54.0 Å². The van der Waals surface area contributed by atoms with Gasteiger partial charge in [-0.05, 0) is 37.1 Å². The number of nitrogens with zero attached hydrogens (tertiary/aromatic N) is 1. The third-order valence-corrected chi connectivity index (χ3v) is 3.67. The first-order valence-corrected chi connectivity index (χ1v) is 7.54. The van der Waals surface area contributed by atoms with Crippen molar-refractivity contribution < 1.29 is 4.79 Å². The van der Waals surface area contributed by atoms with Crippen LogP contribution >= 0.6 is 11.6 Å². The van der Waals surface area contributed by atoms with E-state index in [2.05, 4.69) is 15.6 Å². The van der Waals surface area contributed by atoms with Gasteiger partial charge in [-0.1, -0.05) is 24.6 Å². The van der Waals surface area contributed by atoms with E-state index in [0.717, 1.165) is 22.9 Å². The second kappa shape index (κ2) is 7.38. The van der Waals surface area contributed by atoms with E-state index in [1.54, 1.807) is 6.20 Å². The zero-order valence-electron chi connectivity index (χ0n) is 12.3. The summed E-state index contributed by atoms with van der Waals surface area (Å²) in [6.45, 7) is 5.17. The summed E-state index contributed by atoms with van der Waals surface area (Å²) in [6.07, 6.45) is 2.68. The molecular weight excluding hydrogens is 286 g/mol. The lowest BCUT2D eigenvalue weighted by Gasteiger charge is -2.14. The fourth-order valence-electron chi connectivity index (χ4n) is 2.10. The first-order chi connectivity index (χ1) is 10.1. The normalized spacial score (nSPS) is 12.3. The molecule has 2 rings (SSSR count). The molecule has 1 unspecified atom stereocenters. The van der Waals surface area contributed by atoms with Gasteiger partial charge in [-0.25, -0.2) is 0 Å². The average molecular weight is 306 g/mol. The Balaban J connectivity index is 2.07. The molecule has 1 heterocycles. The Morgan fingerprint density at radius 2 is 2.19 bits per heavy atom. The van der Waals surface area contributed by atoms with Crippen LogP contribution in [0.15, 0.2) is 30.5 Å². The van der Waals surface area contributed by atoms with E-state index in [1.807, 2.05) is 38.1 Å². The molecule has 0 radical (unpaired) electrons. The van der Waals surface area contributed by atoms with Gasteiger partial charge in [-0.15, -0.1) is 0 Å². The molecule has 0 saturated carbocycles. The van der Waals surface area contributed by atoms with Gasteiger partial charge in [0.05, 0.1) is 11.6 Å². The van der Waals surface area contributed by atoms with Crippen molar-refractivity contribution in [3.8, 4) is 0 Å². The number of hydrogen-bond acceptors (Lipinski definition) is 3. The van der Waals surface area contributed by atoms with E-state index in [0.29, 0.717) is 18.1 Å². The van der Waals surface area contributed by atoms with Gasteiger partial charge in [0.1, 0.15) is 0 Å². The highest BCUT2D eigenvalue weighted by molar-refractivity contribution is 6.35. The molecule has 0 aliphatic rings. The fourth-order valence-corrected chi connectivity index (χ4v) is 2.31. The van der Waals surface area contributed by atoms with Crippen LogP contribution in [0.1, 0.15) is 25.8 Å². The minimum absolute atomic E-state index is 0.0167. The maximum Gasteiger partial charge on any atom is 0.236 e. The predicted octanol–water partition coefficient (Wildman–Crippen LogP) is 2.89. The number of fused-ring (bicyclic) bond motifs is 1. The van der Waals surface area contributed by atoms with Gasteiger partial charge >= 0.3 is 0 Å². The molecule has 0 saturated heterocycles. The molecule has 112 valence electrons. The first kappa shape index (κ1) is 15.7. The number of carbonyl (C=O) groups is 1. The Labute approximate surface area is 129 Å². The van der Waals surface area contributed by atoms with Gasteiger partial charge in [0.2, 0.25) is 5.91 Å². The number of aromatic nitrogens is 1. The highest BCUT2D eigenvalue weighted by Gasteiger charge is 2.12. The summed E-state index contributed by atoms with van der Waals surface area (Å²) in [5, 5.41) is 7.72. The van der Waals surface area contributed by atoms with Crippen molar-refractivity contribution in [1.82, 2.24) is 15.6 Å². The summed E-state index contributed by atoms with van der Waals surface area (Å²) in [4.78, 5) is 16.2. The Morgan fingerprint density at radius 1 is 1.38 bits per heavy atom. The summed E-state index contributed by atoms with van der Waals surface area (Å²) in [5.74, 6) is 0.0167. The zero-order chi connectivity index (χ0) is 15.2.